The van der Waals surface area contributed by atoms with Gasteiger partial charge in [-0.1, -0.05) is 25.5 Å². The summed E-state index contributed by atoms with van der Waals surface area (Å²) in [4.78, 5) is 11.6. The van der Waals surface area contributed by atoms with Gasteiger partial charge in [-0.25, -0.2) is 4.39 Å². The summed E-state index contributed by atoms with van der Waals surface area (Å²) in [6.07, 6.45) is 2.44. The number of ketones is 1. The first-order valence-corrected chi connectivity index (χ1v) is 5.99. The number of ether oxygens (including phenoxy) is 1. The number of benzene rings is 1. The third-order valence-corrected chi connectivity index (χ3v) is 2.54. The van der Waals surface area contributed by atoms with Crippen LogP contribution in [0.4, 0.5) is 4.39 Å². The molecular weight excluding hydrogens is 219 g/mol. The van der Waals surface area contributed by atoms with Gasteiger partial charge in [0.25, 0.3) is 0 Å². The van der Waals surface area contributed by atoms with E-state index >= 15 is 0 Å². The topological polar surface area (TPSA) is 26.3 Å². The Labute approximate surface area is 102 Å². The Morgan fingerprint density at radius 1 is 1.35 bits per heavy atom. The third-order valence-electron chi connectivity index (χ3n) is 2.54. The zero-order chi connectivity index (χ0) is 12.7. The molecule has 17 heavy (non-hydrogen) atoms. The van der Waals surface area contributed by atoms with Crippen LogP contribution < -0.4 is 0 Å². The Balaban J connectivity index is 2.32. The summed E-state index contributed by atoms with van der Waals surface area (Å²) in [5, 5.41) is 0. The van der Waals surface area contributed by atoms with E-state index < -0.39 is 0 Å². The van der Waals surface area contributed by atoms with E-state index in [1.165, 1.54) is 12.1 Å². The number of Topliss-reactive ketones (excluding diaryl/α,β-unsaturated/α-hetero) is 1. The highest BCUT2D eigenvalue weighted by Gasteiger charge is 2.07. The van der Waals surface area contributed by atoms with Crippen LogP contribution in [0.5, 0.6) is 0 Å². The molecule has 0 radical (unpaired) electrons. The molecule has 94 valence electrons. The number of hydrogen-bond donors (Lipinski definition) is 0. The van der Waals surface area contributed by atoms with E-state index in [0.29, 0.717) is 6.42 Å². The molecule has 0 aliphatic heterocycles. The van der Waals surface area contributed by atoms with Crippen LogP contribution in [-0.2, 0) is 16.0 Å². The largest absolute Gasteiger partial charge is 0.371 e. The maximum absolute atomic E-state index is 12.7. The van der Waals surface area contributed by atoms with Crippen molar-refractivity contribution < 1.29 is 13.9 Å². The van der Waals surface area contributed by atoms with E-state index in [-0.39, 0.29) is 24.3 Å². The van der Waals surface area contributed by atoms with Crippen LogP contribution in [-0.4, -0.2) is 18.5 Å². The van der Waals surface area contributed by atoms with E-state index in [0.717, 1.165) is 18.4 Å². The maximum Gasteiger partial charge on any atom is 0.162 e. The normalized spacial score (nSPS) is 12.4. The molecule has 1 rings (SSSR count). The molecule has 0 aliphatic carbocycles. The van der Waals surface area contributed by atoms with Gasteiger partial charge in [-0.2, -0.15) is 0 Å². The smallest absolute Gasteiger partial charge is 0.162 e. The van der Waals surface area contributed by atoms with Crippen molar-refractivity contribution >= 4 is 5.78 Å². The minimum Gasteiger partial charge on any atom is -0.371 e. The van der Waals surface area contributed by atoms with E-state index in [1.54, 1.807) is 12.1 Å². The van der Waals surface area contributed by atoms with Crippen molar-refractivity contribution in [1.82, 2.24) is 0 Å². The Hall–Kier alpha value is -1.22. The predicted molar refractivity (Wildman–Crippen MR) is 65.4 cm³/mol. The van der Waals surface area contributed by atoms with Crippen LogP contribution in [0.1, 0.15) is 32.3 Å². The highest BCUT2D eigenvalue weighted by Crippen LogP contribution is 2.05. The monoisotopic (exact) mass is 238 g/mol. The Morgan fingerprint density at radius 3 is 2.59 bits per heavy atom. The first kappa shape index (κ1) is 13.8. The molecule has 0 N–H and O–H groups in total. The molecule has 3 heteroatoms. The Bertz CT molecular complexity index is 346. The predicted octanol–water partition coefficient (Wildman–Crippen LogP) is 3.14. The summed E-state index contributed by atoms with van der Waals surface area (Å²) < 4.78 is 18.1. The van der Waals surface area contributed by atoms with Crippen LogP contribution in [0, 0.1) is 5.82 Å². The van der Waals surface area contributed by atoms with E-state index in [1.807, 2.05) is 6.92 Å². The molecule has 0 aromatic heterocycles. The van der Waals surface area contributed by atoms with Gasteiger partial charge in [0.2, 0.25) is 0 Å². The van der Waals surface area contributed by atoms with Crippen molar-refractivity contribution in [2.45, 2.75) is 39.2 Å². The first-order chi connectivity index (χ1) is 8.11. The summed E-state index contributed by atoms with van der Waals surface area (Å²) in [5.74, 6) is -0.256. The number of halogens is 1. The van der Waals surface area contributed by atoms with Crippen molar-refractivity contribution in [2.24, 2.45) is 0 Å². The lowest BCUT2D eigenvalue weighted by Crippen LogP contribution is -2.17. The molecule has 0 fully saturated rings. The summed E-state index contributed by atoms with van der Waals surface area (Å²) in [6.45, 7) is 4.19. The number of carbonyl (C=O) groups is 1. The molecule has 0 saturated heterocycles. The fourth-order valence-corrected chi connectivity index (χ4v) is 1.61. The molecule has 1 atom stereocenters. The molecule has 1 aromatic rings. The lowest BCUT2D eigenvalue weighted by atomic mass is 10.1. The molecule has 1 unspecified atom stereocenters. The fraction of sp³-hybridized carbons (Fsp3) is 0.500. The SMILES string of the molecule is CCCC(C)OCC(=O)Cc1ccc(F)cc1. The molecule has 0 bridgehead atoms. The molecule has 0 amide bonds. The average Bonchev–Trinajstić information content (AvgIpc) is 2.30. The van der Waals surface area contributed by atoms with Gasteiger partial charge in [0.15, 0.2) is 5.78 Å². The lowest BCUT2D eigenvalue weighted by Gasteiger charge is -2.10. The summed E-state index contributed by atoms with van der Waals surface area (Å²) in [6, 6.07) is 5.98. The van der Waals surface area contributed by atoms with Gasteiger partial charge in [0.1, 0.15) is 12.4 Å². The minimum atomic E-state index is -0.283. The van der Waals surface area contributed by atoms with Crippen LogP contribution in [0.2, 0.25) is 0 Å². The third kappa shape index (κ3) is 5.59. The van der Waals surface area contributed by atoms with Crippen molar-refractivity contribution in [3.8, 4) is 0 Å². The second-order valence-corrected chi connectivity index (χ2v) is 4.25. The summed E-state index contributed by atoms with van der Waals surface area (Å²) in [7, 11) is 0. The van der Waals surface area contributed by atoms with Crippen LogP contribution in [0.3, 0.4) is 0 Å². The van der Waals surface area contributed by atoms with Gasteiger partial charge in [0, 0.05) is 6.42 Å². The minimum absolute atomic E-state index is 0.0274. The van der Waals surface area contributed by atoms with Crippen molar-refractivity contribution in [3.63, 3.8) is 0 Å². The van der Waals surface area contributed by atoms with Crippen molar-refractivity contribution in [2.75, 3.05) is 6.61 Å². The zero-order valence-electron chi connectivity index (χ0n) is 10.4. The van der Waals surface area contributed by atoms with E-state index in [4.69, 9.17) is 4.74 Å². The molecule has 0 saturated carbocycles. The first-order valence-electron chi connectivity index (χ1n) is 5.99. The van der Waals surface area contributed by atoms with Gasteiger partial charge in [-0.15, -0.1) is 0 Å². The van der Waals surface area contributed by atoms with Gasteiger partial charge in [0.05, 0.1) is 6.10 Å². The van der Waals surface area contributed by atoms with Gasteiger partial charge in [-0.05, 0) is 31.0 Å². The molecule has 0 heterocycles. The number of carbonyl (C=O) groups excluding carboxylic acids is 1. The number of hydrogen-bond acceptors (Lipinski definition) is 2. The average molecular weight is 238 g/mol. The van der Waals surface area contributed by atoms with Gasteiger partial charge >= 0.3 is 0 Å². The van der Waals surface area contributed by atoms with Crippen LogP contribution in [0.25, 0.3) is 0 Å². The molecule has 0 spiro atoms. The quantitative estimate of drug-likeness (QED) is 0.729. The fourth-order valence-electron chi connectivity index (χ4n) is 1.61. The van der Waals surface area contributed by atoms with Crippen molar-refractivity contribution in [1.29, 1.82) is 0 Å². The Morgan fingerprint density at radius 2 is 2.00 bits per heavy atom. The molecular formula is C14H19FO2. The molecule has 0 aliphatic rings. The Kier molecular flexibility index (Phi) is 5.84. The van der Waals surface area contributed by atoms with Crippen LogP contribution in [0.15, 0.2) is 24.3 Å². The standard InChI is InChI=1S/C14H19FO2/c1-3-4-11(2)17-10-14(16)9-12-5-7-13(15)8-6-12/h5-8,11H,3-4,9-10H2,1-2H3. The second-order valence-electron chi connectivity index (χ2n) is 4.25. The highest BCUT2D eigenvalue weighted by molar-refractivity contribution is 5.82. The zero-order valence-corrected chi connectivity index (χ0v) is 10.4. The lowest BCUT2D eigenvalue weighted by molar-refractivity contribution is -0.124. The molecule has 2 nitrogen and oxygen atoms in total. The molecule has 1 aromatic carbocycles. The van der Waals surface area contributed by atoms with Crippen molar-refractivity contribution in [3.05, 3.63) is 35.6 Å². The summed E-state index contributed by atoms with van der Waals surface area (Å²) >= 11 is 0. The van der Waals surface area contributed by atoms with Gasteiger partial charge < -0.3 is 4.74 Å². The van der Waals surface area contributed by atoms with Gasteiger partial charge in [-0.3, -0.25) is 4.79 Å². The highest BCUT2D eigenvalue weighted by atomic mass is 19.1. The van der Waals surface area contributed by atoms with E-state index in [2.05, 4.69) is 6.92 Å². The van der Waals surface area contributed by atoms with Crippen LogP contribution >= 0.6 is 0 Å². The maximum atomic E-state index is 12.7. The second kappa shape index (κ2) is 7.17. The summed E-state index contributed by atoms with van der Waals surface area (Å²) in [5.41, 5.74) is 0.822. The number of rotatable bonds is 7. The van der Waals surface area contributed by atoms with E-state index in [9.17, 15) is 9.18 Å².